The first kappa shape index (κ1) is 13.6. The smallest absolute Gasteiger partial charge is 0.184 e. The number of fused-ring (bicyclic) bond motifs is 1. The van der Waals surface area contributed by atoms with Crippen LogP contribution in [0.5, 0.6) is 5.75 Å². The molecule has 108 valence electrons. The highest BCUT2D eigenvalue weighted by atomic mass is 32.1. The Morgan fingerprint density at radius 1 is 1.35 bits per heavy atom. The Balaban J connectivity index is 1.75. The van der Waals surface area contributed by atoms with Gasteiger partial charge in [0, 0.05) is 6.04 Å². The molecule has 20 heavy (non-hydrogen) atoms. The number of rotatable bonds is 4. The number of thiazole rings is 1. The molecule has 1 aromatic heterocycles. The van der Waals surface area contributed by atoms with Gasteiger partial charge < -0.3 is 15.4 Å². The summed E-state index contributed by atoms with van der Waals surface area (Å²) >= 11 is 1.71. The van der Waals surface area contributed by atoms with Gasteiger partial charge in [0.1, 0.15) is 5.75 Å². The third-order valence-corrected chi connectivity index (χ3v) is 4.35. The summed E-state index contributed by atoms with van der Waals surface area (Å²) in [6.45, 7) is 6.27. The number of piperidine rings is 1. The summed E-state index contributed by atoms with van der Waals surface area (Å²) in [5.41, 5.74) is 1.04. The Morgan fingerprint density at radius 2 is 2.15 bits per heavy atom. The van der Waals surface area contributed by atoms with Gasteiger partial charge in [-0.25, -0.2) is 4.98 Å². The van der Waals surface area contributed by atoms with E-state index in [2.05, 4.69) is 21.7 Å². The Morgan fingerprint density at radius 3 is 2.90 bits per heavy atom. The van der Waals surface area contributed by atoms with E-state index in [1.807, 2.05) is 26.0 Å². The minimum Gasteiger partial charge on any atom is -0.491 e. The summed E-state index contributed by atoms with van der Waals surface area (Å²) < 4.78 is 6.91. The SMILES string of the molecule is CC(C)Oc1ccc2nc(NC3CCNCC3)sc2c1. The first-order valence-electron chi connectivity index (χ1n) is 7.25. The first-order chi connectivity index (χ1) is 9.70. The molecule has 0 spiro atoms. The molecule has 0 radical (unpaired) electrons. The number of nitrogens with zero attached hydrogens (tertiary/aromatic N) is 1. The molecule has 0 atom stereocenters. The third-order valence-electron chi connectivity index (χ3n) is 3.40. The lowest BCUT2D eigenvalue weighted by Crippen LogP contribution is -2.35. The van der Waals surface area contributed by atoms with Crippen molar-refractivity contribution in [2.45, 2.75) is 38.8 Å². The Labute approximate surface area is 123 Å². The number of nitrogens with one attached hydrogen (secondary N) is 2. The average Bonchev–Trinajstić information content (AvgIpc) is 2.80. The number of ether oxygens (including phenoxy) is 1. The van der Waals surface area contributed by atoms with Crippen molar-refractivity contribution in [2.24, 2.45) is 0 Å². The van der Waals surface area contributed by atoms with Crippen LogP contribution in [0.25, 0.3) is 10.2 Å². The quantitative estimate of drug-likeness (QED) is 0.908. The molecule has 1 aromatic carbocycles. The number of hydrogen-bond donors (Lipinski definition) is 2. The van der Waals surface area contributed by atoms with Gasteiger partial charge in [-0.05, 0) is 58.0 Å². The van der Waals surface area contributed by atoms with Gasteiger partial charge >= 0.3 is 0 Å². The lowest BCUT2D eigenvalue weighted by atomic mass is 10.1. The highest BCUT2D eigenvalue weighted by Gasteiger charge is 2.14. The van der Waals surface area contributed by atoms with Crippen LogP contribution in [0, 0.1) is 0 Å². The van der Waals surface area contributed by atoms with E-state index in [1.54, 1.807) is 11.3 Å². The fourth-order valence-corrected chi connectivity index (χ4v) is 3.42. The van der Waals surface area contributed by atoms with E-state index in [1.165, 1.54) is 4.70 Å². The van der Waals surface area contributed by atoms with Gasteiger partial charge in [0.2, 0.25) is 0 Å². The monoisotopic (exact) mass is 291 g/mol. The molecular weight excluding hydrogens is 270 g/mol. The van der Waals surface area contributed by atoms with Crippen LogP contribution >= 0.6 is 11.3 Å². The normalized spacial score (nSPS) is 16.8. The Bertz CT molecular complexity index is 576. The van der Waals surface area contributed by atoms with Crippen LogP contribution in [-0.4, -0.2) is 30.2 Å². The molecule has 1 aliphatic heterocycles. The predicted octanol–water partition coefficient (Wildman–Crippen LogP) is 3.25. The fraction of sp³-hybridized carbons (Fsp3) is 0.533. The average molecular weight is 291 g/mol. The van der Waals surface area contributed by atoms with Gasteiger partial charge in [0.25, 0.3) is 0 Å². The second-order valence-corrected chi connectivity index (χ2v) is 6.51. The van der Waals surface area contributed by atoms with Crippen molar-refractivity contribution >= 4 is 26.7 Å². The van der Waals surface area contributed by atoms with Gasteiger partial charge in [-0.2, -0.15) is 0 Å². The van der Waals surface area contributed by atoms with Crippen molar-refractivity contribution in [3.05, 3.63) is 18.2 Å². The molecule has 0 amide bonds. The molecule has 1 fully saturated rings. The molecule has 2 aromatic rings. The minimum absolute atomic E-state index is 0.202. The lowest BCUT2D eigenvalue weighted by Gasteiger charge is -2.23. The molecule has 4 nitrogen and oxygen atoms in total. The highest BCUT2D eigenvalue weighted by Crippen LogP contribution is 2.30. The van der Waals surface area contributed by atoms with Gasteiger partial charge in [-0.1, -0.05) is 11.3 Å². The summed E-state index contributed by atoms with van der Waals surface area (Å²) in [6, 6.07) is 6.66. The number of aromatic nitrogens is 1. The maximum absolute atomic E-state index is 5.73. The summed E-state index contributed by atoms with van der Waals surface area (Å²) in [7, 11) is 0. The molecule has 2 N–H and O–H groups in total. The van der Waals surface area contributed by atoms with E-state index in [0.717, 1.165) is 42.3 Å². The second kappa shape index (κ2) is 5.97. The van der Waals surface area contributed by atoms with Crippen molar-refractivity contribution in [1.29, 1.82) is 0 Å². The molecule has 0 saturated carbocycles. The summed E-state index contributed by atoms with van der Waals surface area (Å²) in [5, 5.41) is 7.96. The van der Waals surface area contributed by atoms with Crippen LogP contribution in [0.4, 0.5) is 5.13 Å². The molecule has 0 bridgehead atoms. The Kier molecular flexibility index (Phi) is 4.08. The van der Waals surface area contributed by atoms with Crippen molar-refractivity contribution in [2.75, 3.05) is 18.4 Å². The van der Waals surface area contributed by atoms with Crippen LogP contribution in [0.1, 0.15) is 26.7 Å². The molecule has 3 rings (SSSR count). The molecule has 1 aliphatic rings. The van der Waals surface area contributed by atoms with Gasteiger partial charge in [-0.3, -0.25) is 0 Å². The zero-order chi connectivity index (χ0) is 13.9. The van der Waals surface area contributed by atoms with Gasteiger partial charge in [0.15, 0.2) is 5.13 Å². The molecule has 0 aliphatic carbocycles. The fourth-order valence-electron chi connectivity index (χ4n) is 2.45. The summed E-state index contributed by atoms with van der Waals surface area (Å²) in [5.74, 6) is 0.921. The molecule has 1 saturated heterocycles. The van der Waals surface area contributed by atoms with E-state index >= 15 is 0 Å². The van der Waals surface area contributed by atoms with Crippen molar-refractivity contribution in [3.63, 3.8) is 0 Å². The minimum atomic E-state index is 0.202. The van der Waals surface area contributed by atoms with Gasteiger partial charge in [0.05, 0.1) is 16.3 Å². The van der Waals surface area contributed by atoms with E-state index in [-0.39, 0.29) is 6.10 Å². The zero-order valence-corrected chi connectivity index (χ0v) is 12.8. The molecule has 0 unspecified atom stereocenters. The van der Waals surface area contributed by atoms with Crippen molar-refractivity contribution in [3.8, 4) is 5.75 Å². The van der Waals surface area contributed by atoms with E-state index in [4.69, 9.17) is 4.74 Å². The highest BCUT2D eigenvalue weighted by molar-refractivity contribution is 7.22. The third kappa shape index (κ3) is 3.22. The van der Waals surface area contributed by atoms with E-state index in [0.29, 0.717) is 6.04 Å². The molecule has 2 heterocycles. The summed E-state index contributed by atoms with van der Waals surface area (Å²) in [4.78, 5) is 4.66. The Hall–Kier alpha value is -1.33. The van der Waals surface area contributed by atoms with E-state index in [9.17, 15) is 0 Å². The largest absolute Gasteiger partial charge is 0.491 e. The number of anilines is 1. The van der Waals surface area contributed by atoms with Crippen LogP contribution in [0.15, 0.2) is 18.2 Å². The molecule has 5 heteroatoms. The number of benzene rings is 1. The van der Waals surface area contributed by atoms with Gasteiger partial charge in [-0.15, -0.1) is 0 Å². The maximum Gasteiger partial charge on any atom is 0.184 e. The number of hydrogen-bond acceptors (Lipinski definition) is 5. The second-order valence-electron chi connectivity index (χ2n) is 5.48. The van der Waals surface area contributed by atoms with Crippen LogP contribution in [-0.2, 0) is 0 Å². The van der Waals surface area contributed by atoms with Crippen molar-refractivity contribution < 1.29 is 4.74 Å². The summed E-state index contributed by atoms with van der Waals surface area (Å²) in [6.07, 6.45) is 2.53. The van der Waals surface area contributed by atoms with Crippen LogP contribution in [0.2, 0.25) is 0 Å². The van der Waals surface area contributed by atoms with E-state index < -0.39 is 0 Å². The van der Waals surface area contributed by atoms with Crippen LogP contribution in [0.3, 0.4) is 0 Å². The first-order valence-corrected chi connectivity index (χ1v) is 8.07. The zero-order valence-electron chi connectivity index (χ0n) is 12.0. The maximum atomic E-state index is 5.73. The standard InChI is InChI=1S/C15H21N3OS/c1-10(2)19-12-3-4-13-14(9-12)20-15(18-13)17-11-5-7-16-8-6-11/h3-4,9-11,16H,5-8H2,1-2H3,(H,17,18). The predicted molar refractivity (Wildman–Crippen MR) is 84.9 cm³/mol. The molecular formula is C15H21N3OS. The van der Waals surface area contributed by atoms with Crippen LogP contribution < -0.4 is 15.4 Å². The van der Waals surface area contributed by atoms with Crippen molar-refractivity contribution in [1.82, 2.24) is 10.3 Å². The lowest BCUT2D eigenvalue weighted by molar-refractivity contribution is 0.243. The topological polar surface area (TPSA) is 46.2 Å².